The summed E-state index contributed by atoms with van der Waals surface area (Å²) in [6.07, 6.45) is -0.475. The minimum Gasteiger partial charge on any atom is -0.444 e. The maximum Gasteiger partial charge on any atom is 0.408 e. The van der Waals surface area contributed by atoms with E-state index in [1.165, 1.54) is 23.5 Å². The van der Waals surface area contributed by atoms with E-state index in [1.807, 2.05) is 32.9 Å². The Morgan fingerprint density at radius 3 is 2.62 bits per heavy atom. The molecule has 1 aromatic heterocycles. The van der Waals surface area contributed by atoms with Gasteiger partial charge in [-0.25, -0.2) is 14.2 Å². The highest BCUT2D eigenvalue weighted by molar-refractivity contribution is 9.10. The average Bonchev–Trinajstić information content (AvgIpc) is 2.94. The Bertz CT molecular complexity index is 949. The maximum atomic E-state index is 13.2. The van der Waals surface area contributed by atoms with Gasteiger partial charge in [-0.3, -0.25) is 0 Å². The van der Waals surface area contributed by atoms with Crippen molar-refractivity contribution >= 4 is 43.6 Å². The van der Waals surface area contributed by atoms with Crippen LogP contribution in [0.5, 0.6) is 0 Å². The molecule has 1 amide bonds. The van der Waals surface area contributed by atoms with Crippen LogP contribution in [0.25, 0.3) is 21.3 Å². The Morgan fingerprint density at radius 2 is 1.96 bits per heavy atom. The van der Waals surface area contributed by atoms with Gasteiger partial charge >= 0.3 is 6.09 Å². The molecule has 0 radical (unpaired) electrons. The predicted octanol–water partition coefficient (Wildman–Crippen LogP) is 5.89. The van der Waals surface area contributed by atoms with Crippen molar-refractivity contribution < 1.29 is 13.9 Å². The number of benzene rings is 2. The van der Waals surface area contributed by atoms with Gasteiger partial charge in [0.1, 0.15) is 16.4 Å². The van der Waals surface area contributed by atoms with Crippen molar-refractivity contribution in [3.8, 4) is 11.1 Å². The molecule has 0 aliphatic heterocycles. The highest BCUT2D eigenvalue weighted by Crippen LogP contribution is 2.36. The topological polar surface area (TPSA) is 51.2 Å². The molecule has 0 spiro atoms. The van der Waals surface area contributed by atoms with E-state index in [0.29, 0.717) is 0 Å². The molecule has 0 saturated heterocycles. The van der Waals surface area contributed by atoms with E-state index in [0.717, 1.165) is 30.8 Å². The number of carbonyl (C=O) groups excluding carboxylic acids is 1. The lowest BCUT2D eigenvalue weighted by Crippen LogP contribution is -2.32. The van der Waals surface area contributed by atoms with E-state index in [1.54, 1.807) is 12.1 Å². The Morgan fingerprint density at radius 1 is 1.27 bits per heavy atom. The van der Waals surface area contributed by atoms with Crippen LogP contribution in [-0.2, 0) is 11.3 Å². The zero-order chi connectivity index (χ0) is 18.9. The molecule has 0 unspecified atom stereocenters. The minimum absolute atomic E-state index is 0.272. The molecule has 0 aliphatic carbocycles. The third-order valence-electron chi connectivity index (χ3n) is 3.44. The molecule has 2 aromatic carbocycles. The van der Waals surface area contributed by atoms with Crippen molar-refractivity contribution in [2.75, 3.05) is 0 Å². The maximum absolute atomic E-state index is 13.2. The van der Waals surface area contributed by atoms with Gasteiger partial charge in [0.25, 0.3) is 0 Å². The highest BCUT2D eigenvalue weighted by atomic mass is 79.9. The summed E-state index contributed by atoms with van der Waals surface area (Å²) in [5.74, 6) is -0.272. The zero-order valence-corrected chi connectivity index (χ0v) is 17.0. The number of rotatable bonds is 3. The van der Waals surface area contributed by atoms with Crippen molar-refractivity contribution in [3.63, 3.8) is 0 Å². The highest BCUT2D eigenvalue weighted by Gasteiger charge is 2.17. The number of thiazole rings is 1. The molecule has 0 bridgehead atoms. The van der Waals surface area contributed by atoms with Crippen LogP contribution in [0.1, 0.15) is 25.8 Å². The van der Waals surface area contributed by atoms with Crippen LogP contribution >= 0.6 is 27.3 Å². The first kappa shape index (κ1) is 18.8. The molecule has 3 rings (SSSR count). The molecule has 136 valence electrons. The third-order valence-corrected chi connectivity index (χ3v) is 5.00. The number of hydrogen-bond acceptors (Lipinski definition) is 4. The monoisotopic (exact) mass is 436 g/mol. The third kappa shape index (κ3) is 4.59. The smallest absolute Gasteiger partial charge is 0.408 e. The Labute approximate surface area is 163 Å². The molecule has 0 fully saturated rings. The van der Waals surface area contributed by atoms with Gasteiger partial charge in [0.2, 0.25) is 0 Å². The molecule has 0 atom stereocenters. The van der Waals surface area contributed by atoms with Crippen molar-refractivity contribution in [1.82, 2.24) is 10.3 Å². The predicted molar refractivity (Wildman–Crippen MR) is 106 cm³/mol. The van der Waals surface area contributed by atoms with Gasteiger partial charge in [-0.1, -0.05) is 28.1 Å². The van der Waals surface area contributed by atoms with Gasteiger partial charge in [0.05, 0.1) is 16.8 Å². The summed E-state index contributed by atoms with van der Waals surface area (Å²) < 4.78 is 20.3. The first-order chi connectivity index (χ1) is 12.2. The fourth-order valence-electron chi connectivity index (χ4n) is 2.43. The van der Waals surface area contributed by atoms with Crippen LogP contribution in [0.4, 0.5) is 9.18 Å². The van der Waals surface area contributed by atoms with Gasteiger partial charge in [-0.05, 0) is 50.6 Å². The van der Waals surface area contributed by atoms with Gasteiger partial charge in [-0.2, -0.15) is 0 Å². The second kappa shape index (κ2) is 7.32. The van der Waals surface area contributed by atoms with Crippen molar-refractivity contribution in [3.05, 3.63) is 51.7 Å². The molecule has 0 saturated carbocycles. The van der Waals surface area contributed by atoms with E-state index < -0.39 is 11.7 Å². The summed E-state index contributed by atoms with van der Waals surface area (Å²) in [5, 5.41) is 3.49. The SMILES string of the molecule is CC(C)(C)OC(=O)NCc1nc2cc(Br)cc(-c3ccc(F)cc3)c2s1. The van der Waals surface area contributed by atoms with E-state index >= 15 is 0 Å². The Balaban J connectivity index is 1.87. The van der Waals surface area contributed by atoms with E-state index in [4.69, 9.17) is 4.74 Å². The summed E-state index contributed by atoms with van der Waals surface area (Å²) >= 11 is 5.00. The lowest BCUT2D eigenvalue weighted by atomic mass is 10.1. The van der Waals surface area contributed by atoms with Gasteiger partial charge in [0.15, 0.2) is 0 Å². The molecular weight excluding hydrogens is 419 g/mol. The van der Waals surface area contributed by atoms with Crippen molar-refractivity contribution in [1.29, 1.82) is 0 Å². The molecule has 1 N–H and O–H groups in total. The number of carbonyl (C=O) groups is 1. The number of fused-ring (bicyclic) bond motifs is 1. The number of halogens is 2. The quantitative estimate of drug-likeness (QED) is 0.556. The first-order valence-electron chi connectivity index (χ1n) is 8.03. The lowest BCUT2D eigenvalue weighted by Gasteiger charge is -2.19. The molecular formula is C19H18BrFN2O2S. The standard InChI is InChI=1S/C19H18BrFN2O2S/c1-19(2,3)25-18(24)22-10-16-23-15-9-12(20)8-14(17(15)26-16)11-4-6-13(21)7-5-11/h4-9H,10H2,1-3H3,(H,22,24). The lowest BCUT2D eigenvalue weighted by molar-refractivity contribution is 0.0523. The van der Waals surface area contributed by atoms with E-state index in [-0.39, 0.29) is 12.4 Å². The van der Waals surface area contributed by atoms with Crippen LogP contribution in [-0.4, -0.2) is 16.7 Å². The number of amides is 1. The summed E-state index contributed by atoms with van der Waals surface area (Å²) in [7, 11) is 0. The Kier molecular flexibility index (Phi) is 5.29. The normalized spacial score (nSPS) is 11.6. The average molecular weight is 437 g/mol. The van der Waals surface area contributed by atoms with Crippen molar-refractivity contribution in [2.24, 2.45) is 0 Å². The number of nitrogens with zero attached hydrogens (tertiary/aromatic N) is 1. The number of hydrogen-bond donors (Lipinski definition) is 1. The second-order valence-corrected chi connectivity index (χ2v) is 8.77. The van der Waals surface area contributed by atoms with Crippen LogP contribution in [0.2, 0.25) is 0 Å². The van der Waals surface area contributed by atoms with E-state index in [2.05, 4.69) is 26.2 Å². The summed E-state index contributed by atoms with van der Waals surface area (Å²) in [6.45, 7) is 5.74. The van der Waals surface area contributed by atoms with Gasteiger partial charge in [0, 0.05) is 10.0 Å². The number of alkyl carbamates (subject to hydrolysis) is 1. The fourth-order valence-corrected chi connectivity index (χ4v) is 3.89. The van der Waals surface area contributed by atoms with Gasteiger partial charge in [-0.15, -0.1) is 11.3 Å². The molecule has 4 nitrogen and oxygen atoms in total. The van der Waals surface area contributed by atoms with Crippen molar-refractivity contribution in [2.45, 2.75) is 32.9 Å². The van der Waals surface area contributed by atoms with Crippen LogP contribution in [0.15, 0.2) is 40.9 Å². The minimum atomic E-state index is -0.543. The molecule has 7 heteroatoms. The molecule has 3 aromatic rings. The number of ether oxygens (including phenoxy) is 1. The second-order valence-electron chi connectivity index (χ2n) is 6.77. The molecule has 26 heavy (non-hydrogen) atoms. The summed E-state index contributed by atoms with van der Waals surface area (Å²) in [4.78, 5) is 16.4. The summed E-state index contributed by atoms with van der Waals surface area (Å²) in [5.41, 5.74) is 2.16. The summed E-state index contributed by atoms with van der Waals surface area (Å²) in [6, 6.07) is 10.3. The largest absolute Gasteiger partial charge is 0.444 e. The van der Waals surface area contributed by atoms with E-state index in [9.17, 15) is 9.18 Å². The van der Waals surface area contributed by atoms with Crippen LogP contribution in [0, 0.1) is 5.82 Å². The number of aromatic nitrogens is 1. The zero-order valence-electron chi connectivity index (χ0n) is 14.6. The fraction of sp³-hybridized carbons (Fsp3) is 0.263. The Hall–Kier alpha value is -1.99. The molecule has 0 aliphatic rings. The number of nitrogens with one attached hydrogen (secondary N) is 1. The molecule has 1 heterocycles. The van der Waals surface area contributed by atoms with Gasteiger partial charge < -0.3 is 10.1 Å². The van der Waals surface area contributed by atoms with Crippen LogP contribution in [0.3, 0.4) is 0 Å². The first-order valence-corrected chi connectivity index (χ1v) is 9.64. The van der Waals surface area contributed by atoms with Crippen LogP contribution < -0.4 is 5.32 Å².